The lowest BCUT2D eigenvalue weighted by atomic mass is 10.2. The quantitative estimate of drug-likeness (QED) is 0.848. The van der Waals surface area contributed by atoms with Crippen LogP contribution in [0.15, 0.2) is 48.5 Å². The van der Waals surface area contributed by atoms with Crippen LogP contribution in [0.5, 0.6) is 5.75 Å². The number of carbonyl (C=O) groups excluding carboxylic acids is 1. The Morgan fingerprint density at radius 1 is 1.05 bits per heavy atom. The van der Waals surface area contributed by atoms with Crippen LogP contribution >= 0.6 is 11.6 Å². The summed E-state index contributed by atoms with van der Waals surface area (Å²) in [5, 5.41) is 0.698. The lowest BCUT2D eigenvalue weighted by molar-refractivity contribution is 0.0793. The van der Waals surface area contributed by atoms with Crippen LogP contribution in [0.2, 0.25) is 5.02 Å². The van der Waals surface area contributed by atoms with Crippen molar-refractivity contribution >= 4 is 17.5 Å². The molecular formula is C18H18ClNO2. The van der Waals surface area contributed by atoms with Crippen molar-refractivity contribution in [3.8, 4) is 5.75 Å². The number of likely N-dealkylation sites (tertiary alicyclic amines) is 1. The van der Waals surface area contributed by atoms with E-state index >= 15 is 0 Å². The van der Waals surface area contributed by atoms with Crippen LogP contribution in [-0.2, 0) is 6.61 Å². The molecule has 4 heteroatoms. The molecule has 0 aromatic heterocycles. The van der Waals surface area contributed by atoms with Gasteiger partial charge < -0.3 is 9.64 Å². The van der Waals surface area contributed by atoms with Crippen molar-refractivity contribution in [2.45, 2.75) is 19.4 Å². The van der Waals surface area contributed by atoms with Gasteiger partial charge in [0.2, 0.25) is 0 Å². The number of rotatable bonds is 4. The first-order valence-corrected chi connectivity index (χ1v) is 7.87. The van der Waals surface area contributed by atoms with E-state index in [2.05, 4.69) is 0 Å². The molecule has 0 bridgehead atoms. The van der Waals surface area contributed by atoms with Gasteiger partial charge in [-0.05, 0) is 43.2 Å². The van der Waals surface area contributed by atoms with Gasteiger partial charge in [0, 0.05) is 29.2 Å². The first-order valence-electron chi connectivity index (χ1n) is 7.49. The smallest absolute Gasteiger partial charge is 0.253 e. The predicted molar refractivity (Wildman–Crippen MR) is 87.4 cm³/mol. The van der Waals surface area contributed by atoms with Crippen molar-refractivity contribution in [2.24, 2.45) is 0 Å². The van der Waals surface area contributed by atoms with Crippen molar-refractivity contribution in [1.82, 2.24) is 4.90 Å². The molecule has 1 aliphatic heterocycles. The minimum atomic E-state index is 0.107. The summed E-state index contributed by atoms with van der Waals surface area (Å²) < 4.78 is 5.72. The number of carbonyl (C=O) groups is 1. The fourth-order valence-electron chi connectivity index (χ4n) is 2.57. The third-order valence-electron chi connectivity index (χ3n) is 3.85. The molecule has 1 amide bonds. The van der Waals surface area contributed by atoms with Gasteiger partial charge in [0.25, 0.3) is 5.91 Å². The van der Waals surface area contributed by atoms with Crippen molar-refractivity contribution in [3.05, 3.63) is 64.7 Å². The SMILES string of the molecule is O=C(c1ccc(OCc2ccccc2Cl)cc1)N1CCCC1. The normalized spacial score (nSPS) is 14.1. The summed E-state index contributed by atoms with van der Waals surface area (Å²) in [5.41, 5.74) is 1.66. The Labute approximate surface area is 135 Å². The van der Waals surface area contributed by atoms with E-state index in [9.17, 15) is 4.79 Å². The highest BCUT2D eigenvalue weighted by Crippen LogP contribution is 2.20. The summed E-state index contributed by atoms with van der Waals surface area (Å²) in [6, 6.07) is 14.9. The van der Waals surface area contributed by atoms with Gasteiger partial charge >= 0.3 is 0 Å². The molecule has 2 aromatic carbocycles. The summed E-state index contributed by atoms with van der Waals surface area (Å²) in [6.07, 6.45) is 2.20. The zero-order chi connectivity index (χ0) is 15.4. The van der Waals surface area contributed by atoms with Crippen LogP contribution in [-0.4, -0.2) is 23.9 Å². The molecule has 0 atom stereocenters. The lowest BCUT2D eigenvalue weighted by Crippen LogP contribution is -2.27. The molecule has 0 aliphatic carbocycles. The molecule has 1 fully saturated rings. The first kappa shape index (κ1) is 14.9. The molecule has 0 unspecified atom stereocenters. The van der Waals surface area contributed by atoms with Gasteiger partial charge in [0.15, 0.2) is 0 Å². The molecule has 0 saturated carbocycles. The minimum absolute atomic E-state index is 0.107. The monoisotopic (exact) mass is 315 g/mol. The summed E-state index contributed by atoms with van der Waals surface area (Å²) in [7, 11) is 0. The summed E-state index contributed by atoms with van der Waals surface area (Å²) in [5.74, 6) is 0.841. The van der Waals surface area contributed by atoms with Crippen molar-refractivity contribution < 1.29 is 9.53 Å². The molecule has 3 nitrogen and oxygen atoms in total. The fraction of sp³-hybridized carbons (Fsp3) is 0.278. The first-order chi connectivity index (χ1) is 10.7. The second kappa shape index (κ2) is 6.84. The number of hydrogen-bond acceptors (Lipinski definition) is 2. The van der Waals surface area contributed by atoms with E-state index < -0.39 is 0 Å². The largest absolute Gasteiger partial charge is 0.489 e. The molecule has 1 aliphatic rings. The van der Waals surface area contributed by atoms with E-state index in [1.54, 1.807) is 0 Å². The van der Waals surface area contributed by atoms with E-state index in [-0.39, 0.29) is 5.91 Å². The highest BCUT2D eigenvalue weighted by molar-refractivity contribution is 6.31. The van der Waals surface area contributed by atoms with Crippen LogP contribution in [0, 0.1) is 0 Å². The van der Waals surface area contributed by atoms with Gasteiger partial charge in [-0.15, -0.1) is 0 Å². The third kappa shape index (κ3) is 3.42. The predicted octanol–water partition coefficient (Wildman–Crippen LogP) is 4.16. The number of halogens is 1. The second-order valence-corrected chi connectivity index (χ2v) is 5.81. The Bertz CT molecular complexity index is 648. The Morgan fingerprint density at radius 2 is 1.73 bits per heavy atom. The van der Waals surface area contributed by atoms with Crippen molar-refractivity contribution in [2.75, 3.05) is 13.1 Å². The van der Waals surface area contributed by atoms with Crippen LogP contribution in [0.4, 0.5) is 0 Å². The maximum absolute atomic E-state index is 12.2. The van der Waals surface area contributed by atoms with Gasteiger partial charge in [0.1, 0.15) is 12.4 Å². The van der Waals surface area contributed by atoms with Gasteiger partial charge in [-0.2, -0.15) is 0 Å². The highest BCUT2D eigenvalue weighted by atomic mass is 35.5. The fourth-order valence-corrected chi connectivity index (χ4v) is 2.76. The van der Waals surface area contributed by atoms with Crippen molar-refractivity contribution in [3.63, 3.8) is 0 Å². The third-order valence-corrected chi connectivity index (χ3v) is 4.22. The summed E-state index contributed by atoms with van der Waals surface area (Å²) in [6.45, 7) is 2.15. The second-order valence-electron chi connectivity index (χ2n) is 5.40. The Balaban J connectivity index is 1.62. The van der Waals surface area contributed by atoms with Gasteiger partial charge in [-0.25, -0.2) is 0 Å². The molecule has 3 rings (SSSR count). The average molecular weight is 316 g/mol. The summed E-state index contributed by atoms with van der Waals surface area (Å²) >= 11 is 6.10. The lowest BCUT2D eigenvalue weighted by Gasteiger charge is -2.15. The maximum atomic E-state index is 12.2. The molecule has 0 N–H and O–H groups in total. The van der Waals surface area contributed by atoms with Gasteiger partial charge in [0.05, 0.1) is 0 Å². The van der Waals surface area contributed by atoms with E-state index in [1.165, 1.54) is 0 Å². The zero-order valence-electron chi connectivity index (χ0n) is 12.3. The highest BCUT2D eigenvalue weighted by Gasteiger charge is 2.19. The van der Waals surface area contributed by atoms with E-state index in [4.69, 9.17) is 16.3 Å². The van der Waals surface area contributed by atoms with Crippen molar-refractivity contribution in [1.29, 1.82) is 0 Å². The molecule has 0 radical (unpaired) electrons. The van der Waals surface area contributed by atoms with Crippen LogP contribution in [0.25, 0.3) is 0 Å². The van der Waals surface area contributed by atoms with Crippen LogP contribution in [0.1, 0.15) is 28.8 Å². The number of nitrogens with zero attached hydrogens (tertiary/aromatic N) is 1. The Morgan fingerprint density at radius 3 is 2.41 bits per heavy atom. The molecular weight excluding hydrogens is 298 g/mol. The van der Waals surface area contributed by atoms with E-state index in [0.29, 0.717) is 17.2 Å². The molecule has 1 saturated heterocycles. The molecule has 0 spiro atoms. The zero-order valence-corrected chi connectivity index (χ0v) is 13.1. The Kier molecular flexibility index (Phi) is 4.64. The van der Waals surface area contributed by atoms with Crippen LogP contribution in [0.3, 0.4) is 0 Å². The topological polar surface area (TPSA) is 29.5 Å². The van der Waals surface area contributed by atoms with Gasteiger partial charge in [-0.1, -0.05) is 29.8 Å². The molecule has 22 heavy (non-hydrogen) atoms. The molecule has 1 heterocycles. The van der Waals surface area contributed by atoms with E-state index in [1.807, 2.05) is 53.4 Å². The standard InChI is InChI=1S/C18H18ClNO2/c19-17-6-2-1-5-15(17)13-22-16-9-7-14(8-10-16)18(21)20-11-3-4-12-20/h1-2,5-10H,3-4,11-13H2. The Hall–Kier alpha value is -2.00. The number of ether oxygens (including phenoxy) is 1. The molecule has 2 aromatic rings. The van der Waals surface area contributed by atoms with Crippen LogP contribution < -0.4 is 4.74 Å². The molecule has 114 valence electrons. The average Bonchev–Trinajstić information content (AvgIpc) is 3.08. The van der Waals surface area contributed by atoms with E-state index in [0.717, 1.165) is 37.2 Å². The minimum Gasteiger partial charge on any atom is -0.489 e. The number of hydrogen-bond donors (Lipinski definition) is 0. The van der Waals surface area contributed by atoms with Gasteiger partial charge in [-0.3, -0.25) is 4.79 Å². The maximum Gasteiger partial charge on any atom is 0.253 e. The summed E-state index contributed by atoms with van der Waals surface area (Å²) in [4.78, 5) is 14.2. The number of amides is 1. The number of benzene rings is 2.